The highest BCUT2D eigenvalue weighted by atomic mass is 16.6. The van der Waals surface area contributed by atoms with Gasteiger partial charge in [0.05, 0.1) is 0 Å². The number of ether oxygens (including phenoxy) is 2. The van der Waals surface area contributed by atoms with Crippen LogP contribution in [0, 0.1) is 5.92 Å². The van der Waals surface area contributed by atoms with Crippen molar-refractivity contribution in [2.24, 2.45) is 5.92 Å². The normalized spacial score (nSPS) is 13.2. The summed E-state index contributed by atoms with van der Waals surface area (Å²) in [5.41, 5.74) is -0.619. The molecule has 0 aromatic carbocycles. The summed E-state index contributed by atoms with van der Waals surface area (Å²) in [4.78, 5) is 27.5. The number of hydrogen-bond acceptors (Lipinski definition) is 5. The molecule has 0 N–H and O–H groups in total. The molecule has 1 heterocycles. The zero-order valence-electron chi connectivity index (χ0n) is 11.9. The molecule has 106 valence electrons. The lowest BCUT2D eigenvalue weighted by molar-refractivity contribution is -0.167. The Labute approximate surface area is 112 Å². The first kappa shape index (κ1) is 15.2. The number of carbonyl (C=O) groups is 2. The number of hydrogen-bond donors (Lipinski definition) is 0. The number of imidazole rings is 1. The summed E-state index contributed by atoms with van der Waals surface area (Å²) in [6.07, 6.45) is 2.64. The van der Waals surface area contributed by atoms with Crippen LogP contribution in [0.15, 0.2) is 18.7 Å². The van der Waals surface area contributed by atoms with Crippen molar-refractivity contribution in [2.45, 2.75) is 46.3 Å². The molecule has 0 spiro atoms. The van der Waals surface area contributed by atoms with Crippen molar-refractivity contribution < 1.29 is 19.1 Å². The highest BCUT2D eigenvalue weighted by Gasteiger charge is 2.31. The smallest absolute Gasteiger partial charge is 0.420 e. The van der Waals surface area contributed by atoms with Gasteiger partial charge in [0.1, 0.15) is 11.9 Å². The molecule has 1 unspecified atom stereocenters. The number of carbonyl (C=O) groups excluding carboxylic acids is 2. The van der Waals surface area contributed by atoms with E-state index in [2.05, 4.69) is 4.98 Å². The molecule has 0 fully saturated rings. The van der Waals surface area contributed by atoms with Gasteiger partial charge in [0, 0.05) is 18.3 Å². The second-order valence-corrected chi connectivity index (χ2v) is 5.55. The van der Waals surface area contributed by atoms with Crippen molar-refractivity contribution in [2.75, 3.05) is 0 Å². The van der Waals surface area contributed by atoms with Crippen LogP contribution in [0.4, 0.5) is 4.79 Å². The fourth-order valence-electron chi connectivity index (χ4n) is 1.35. The fraction of sp³-hybridized carbons (Fsp3) is 0.615. The standard InChI is InChI=1S/C13H20N2O4/c1-9(2)10(11(16)19-13(3,4)5)18-12(17)15-7-6-14-8-15/h6-10H,1-5H3. The third-order valence-corrected chi connectivity index (χ3v) is 2.19. The largest absolute Gasteiger partial charge is 0.457 e. The molecule has 0 amide bonds. The number of aromatic nitrogens is 2. The van der Waals surface area contributed by atoms with Crippen molar-refractivity contribution in [3.8, 4) is 0 Å². The quantitative estimate of drug-likeness (QED) is 0.786. The molecular formula is C13H20N2O4. The van der Waals surface area contributed by atoms with E-state index in [1.807, 2.05) is 0 Å². The molecule has 6 heteroatoms. The van der Waals surface area contributed by atoms with Crippen LogP contribution in [0.5, 0.6) is 0 Å². The van der Waals surface area contributed by atoms with E-state index >= 15 is 0 Å². The van der Waals surface area contributed by atoms with Gasteiger partial charge in [-0.2, -0.15) is 0 Å². The molecule has 0 aliphatic heterocycles. The van der Waals surface area contributed by atoms with Gasteiger partial charge in [-0.3, -0.25) is 0 Å². The lowest BCUT2D eigenvalue weighted by Gasteiger charge is -2.25. The summed E-state index contributed by atoms with van der Waals surface area (Å²) in [7, 11) is 0. The zero-order valence-corrected chi connectivity index (χ0v) is 11.9. The van der Waals surface area contributed by atoms with E-state index in [-0.39, 0.29) is 5.92 Å². The van der Waals surface area contributed by atoms with E-state index in [4.69, 9.17) is 9.47 Å². The molecule has 0 aliphatic rings. The Kier molecular flexibility index (Phi) is 4.69. The van der Waals surface area contributed by atoms with E-state index in [9.17, 15) is 9.59 Å². The first-order valence-electron chi connectivity index (χ1n) is 6.12. The lowest BCUT2D eigenvalue weighted by atomic mass is 10.1. The number of esters is 1. The van der Waals surface area contributed by atoms with Crippen LogP contribution in [-0.2, 0) is 14.3 Å². The minimum Gasteiger partial charge on any atom is -0.457 e. The van der Waals surface area contributed by atoms with Gasteiger partial charge in [-0.05, 0) is 20.8 Å². The first-order valence-corrected chi connectivity index (χ1v) is 6.12. The maximum Gasteiger partial charge on any atom is 0.420 e. The van der Waals surface area contributed by atoms with Gasteiger partial charge in [-0.25, -0.2) is 19.1 Å². The van der Waals surface area contributed by atoms with Crippen LogP contribution in [0.2, 0.25) is 0 Å². The Morgan fingerprint density at radius 3 is 2.32 bits per heavy atom. The molecule has 1 rings (SSSR count). The van der Waals surface area contributed by atoms with E-state index in [0.717, 1.165) is 0 Å². The van der Waals surface area contributed by atoms with Gasteiger partial charge in [0.2, 0.25) is 6.10 Å². The summed E-state index contributed by atoms with van der Waals surface area (Å²) < 4.78 is 11.6. The van der Waals surface area contributed by atoms with Crippen LogP contribution < -0.4 is 0 Å². The fourth-order valence-corrected chi connectivity index (χ4v) is 1.35. The van der Waals surface area contributed by atoms with Crippen LogP contribution in [0.1, 0.15) is 34.6 Å². The van der Waals surface area contributed by atoms with Crippen molar-refractivity contribution in [1.29, 1.82) is 0 Å². The zero-order chi connectivity index (χ0) is 14.6. The topological polar surface area (TPSA) is 70.4 Å². The molecule has 0 bridgehead atoms. The third-order valence-electron chi connectivity index (χ3n) is 2.19. The average molecular weight is 268 g/mol. The van der Waals surface area contributed by atoms with Crippen molar-refractivity contribution in [1.82, 2.24) is 9.55 Å². The summed E-state index contributed by atoms with van der Waals surface area (Å²) in [5, 5.41) is 0. The first-order chi connectivity index (χ1) is 8.70. The summed E-state index contributed by atoms with van der Waals surface area (Å²) >= 11 is 0. The molecule has 19 heavy (non-hydrogen) atoms. The highest BCUT2D eigenvalue weighted by Crippen LogP contribution is 2.15. The monoisotopic (exact) mass is 268 g/mol. The molecular weight excluding hydrogens is 248 g/mol. The maximum atomic E-state index is 12.0. The maximum absolute atomic E-state index is 12.0. The van der Waals surface area contributed by atoms with Gasteiger partial charge in [0.15, 0.2) is 0 Å². The van der Waals surface area contributed by atoms with Crippen LogP contribution >= 0.6 is 0 Å². The van der Waals surface area contributed by atoms with Crippen molar-refractivity contribution >= 4 is 12.1 Å². The highest BCUT2D eigenvalue weighted by molar-refractivity contribution is 5.80. The van der Waals surface area contributed by atoms with E-state index in [1.54, 1.807) is 34.6 Å². The predicted molar refractivity (Wildman–Crippen MR) is 68.6 cm³/mol. The number of nitrogens with zero attached hydrogens (tertiary/aromatic N) is 2. The van der Waals surface area contributed by atoms with Crippen LogP contribution in [-0.4, -0.2) is 33.3 Å². The molecule has 6 nitrogen and oxygen atoms in total. The van der Waals surface area contributed by atoms with E-state index in [1.165, 1.54) is 23.3 Å². The molecule has 1 aromatic rings. The Hall–Kier alpha value is -1.85. The van der Waals surface area contributed by atoms with Gasteiger partial charge < -0.3 is 9.47 Å². The number of rotatable bonds is 3. The van der Waals surface area contributed by atoms with E-state index < -0.39 is 23.8 Å². The minimum absolute atomic E-state index is 0.178. The molecule has 0 radical (unpaired) electrons. The molecule has 1 aromatic heterocycles. The minimum atomic E-state index is -0.936. The Morgan fingerprint density at radius 2 is 1.89 bits per heavy atom. The van der Waals surface area contributed by atoms with Gasteiger partial charge in [0.25, 0.3) is 0 Å². The van der Waals surface area contributed by atoms with Gasteiger partial charge >= 0.3 is 12.1 Å². The molecule has 0 saturated heterocycles. The third kappa shape index (κ3) is 4.73. The van der Waals surface area contributed by atoms with Gasteiger partial charge in [-0.1, -0.05) is 13.8 Å². The summed E-state index contributed by atoms with van der Waals surface area (Å²) in [5.74, 6) is -0.724. The average Bonchev–Trinajstić information content (AvgIpc) is 2.75. The Balaban J connectivity index is 2.73. The second-order valence-electron chi connectivity index (χ2n) is 5.55. The van der Waals surface area contributed by atoms with E-state index in [0.29, 0.717) is 0 Å². The lowest BCUT2D eigenvalue weighted by Crippen LogP contribution is -2.38. The van der Waals surface area contributed by atoms with Crippen LogP contribution in [0.3, 0.4) is 0 Å². The Morgan fingerprint density at radius 1 is 1.26 bits per heavy atom. The SMILES string of the molecule is CC(C)C(OC(=O)n1ccnc1)C(=O)OC(C)(C)C. The second kappa shape index (κ2) is 5.86. The summed E-state index contributed by atoms with van der Waals surface area (Å²) in [6, 6.07) is 0. The van der Waals surface area contributed by atoms with Crippen molar-refractivity contribution in [3.63, 3.8) is 0 Å². The summed E-state index contributed by atoms with van der Waals surface area (Å²) in [6.45, 7) is 8.87. The molecule has 0 saturated carbocycles. The van der Waals surface area contributed by atoms with Gasteiger partial charge in [-0.15, -0.1) is 0 Å². The predicted octanol–water partition coefficient (Wildman–Crippen LogP) is 2.23. The van der Waals surface area contributed by atoms with Crippen molar-refractivity contribution in [3.05, 3.63) is 18.7 Å². The molecule has 1 atom stereocenters. The van der Waals surface area contributed by atoms with Crippen LogP contribution in [0.25, 0.3) is 0 Å². The Bertz CT molecular complexity index is 432. The molecule has 0 aliphatic carbocycles.